The van der Waals surface area contributed by atoms with Crippen LogP contribution in [-0.2, 0) is 11.3 Å². The molecule has 0 aliphatic carbocycles. The summed E-state index contributed by atoms with van der Waals surface area (Å²) in [6, 6.07) is 13.3. The highest BCUT2D eigenvalue weighted by Gasteiger charge is 2.20. The predicted octanol–water partition coefficient (Wildman–Crippen LogP) is 2.13. The molecule has 6 heteroatoms. The number of piperidine rings is 1. The normalized spacial score (nSPS) is 17.0. The van der Waals surface area contributed by atoms with Crippen LogP contribution in [0, 0.1) is 0 Å². The second-order valence-corrected chi connectivity index (χ2v) is 6.42. The Hall–Kier alpha value is -2.60. The highest BCUT2D eigenvalue weighted by Crippen LogP contribution is 2.21. The van der Waals surface area contributed by atoms with Crippen LogP contribution in [0.5, 0.6) is 5.75 Å². The minimum Gasteiger partial charge on any atom is -0.493 e. The Morgan fingerprint density at radius 2 is 2.12 bits per heavy atom. The number of carbonyl (C=O) groups is 1. The molecule has 26 heavy (non-hydrogen) atoms. The molecule has 138 valence electrons. The number of β-amino-alcohol motifs (C(OH)–C–C–N with tert-alkyl or cyclic N) is 1. The third kappa shape index (κ3) is 5.20. The number of anilines is 1. The fourth-order valence-electron chi connectivity index (χ4n) is 3.06. The van der Waals surface area contributed by atoms with E-state index in [4.69, 9.17) is 4.74 Å². The molecule has 2 aromatic rings. The van der Waals surface area contributed by atoms with Crippen molar-refractivity contribution in [3.05, 3.63) is 54.2 Å². The summed E-state index contributed by atoms with van der Waals surface area (Å²) in [5.74, 6) is 1.54. The highest BCUT2D eigenvalue weighted by atomic mass is 16.5. The summed E-state index contributed by atoms with van der Waals surface area (Å²) in [5.41, 5.74) is 0.957. The summed E-state index contributed by atoms with van der Waals surface area (Å²) < 4.78 is 5.55. The minimum absolute atomic E-state index is 0.0607. The standard InChI is InChI=1S/C20H25N3O3/c24-17-7-5-12-23(15-17)20-16(6-4-11-21-20)14-22-19(25)10-13-26-18-8-2-1-3-9-18/h1-4,6,8-9,11,17,24H,5,7,10,12-15H2,(H,22,25)/t17-/m0/s1. The van der Waals surface area contributed by atoms with Gasteiger partial charge in [0.2, 0.25) is 5.91 Å². The Kier molecular flexibility index (Phi) is 6.44. The molecule has 1 saturated heterocycles. The SMILES string of the molecule is O=C(CCOc1ccccc1)NCc1cccnc1N1CCC[C@H](O)C1. The van der Waals surface area contributed by atoms with E-state index in [0.29, 0.717) is 26.1 Å². The monoisotopic (exact) mass is 355 g/mol. The molecular weight excluding hydrogens is 330 g/mol. The molecule has 1 aliphatic heterocycles. The predicted molar refractivity (Wildman–Crippen MR) is 100 cm³/mol. The zero-order valence-corrected chi connectivity index (χ0v) is 14.8. The quantitative estimate of drug-likeness (QED) is 0.796. The lowest BCUT2D eigenvalue weighted by molar-refractivity contribution is -0.121. The zero-order chi connectivity index (χ0) is 18.2. The van der Waals surface area contributed by atoms with Gasteiger partial charge in [0.1, 0.15) is 11.6 Å². The third-order valence-electron chi connectivity index (χ3n) is 4.38. The van der Waals surface area contributed by atoms with Crippen molar-refractivity contribution in [1.82, 2.24) is 10.3 Å². The molecule has 0 unspecified atom stereocenters. The van der Waals surface area contributed by atoms with Crippen LogP contribution in [0.4, 0.5) is 5.82 Å². The van der Waals surface area contributed by atoms with Crippen LogP contribution in [0.3, 0.4) is 0 Å². The Morgan fingerprint density at radius 1 is 1.27 bits per heavy atom. The first-order valence-electron chi connectivity index (χ1n) is 9.04. The number of para-hydroxylation sites is 1. The number of aliphatic hydroxyl groups excluding tert-OH is 1. The Morgan fingerprint density at radius 3 is 2.92 bits per heavy atom. The van der Waals surface area contributed by atoms with E-state index in [9.17, 15) is 9.90 Å². The summed E-state index contributed by atoms with van der Waals surface area (Å²) in [6.07, 6.45) is 3.50. The zero-order valence-electron chi connectivity index (χ0n) is 14.8. The van der Waals surface area contributed by atoms with E-state index in [-0.39, 0.29) is 12.0 Å². The van der Waals surface area contributed by atoms with E-state index in [1.54, 1.807) is 6.20 Å². The van der Waals surface area contributed by atoms with Crippen molar-refractivity contribution in [3.63, 3.8) is 0 Å². The summed E-state index contributed by atoms with van der Waals surface area (Å²) in [5, 5.41) is 12.8. The number of ether oxygens (including phenoxy) is 1. The second-order valence-electron chi connectivity index (χ2n) is 6.42. The lowest BCUT2D eigenvalue weighted by atomic mass is 10.1. The summed E-state index contributed by atoms with van der Waals surface area (Å²) in [7, 11) is 0. The van der Waals surface area contributed by atoms with Gasteiger partial charge in [-0.3, -0.25) is 4.79 Å². The van der Waals surface area contributed by atoms with Gasteiger partial charge in [-0.25, -0.2) is 4.98 Å². The summed E-state index contributed by atoms with van der Waals surface area (Å²) in [4.78, 5) is 18.6. The molecular formula is C20H25N3O3. The molecule has 1 aliphatic rings. The Balaban J connectivity index is 1.49. The molecule has 2 N–H and O–H groups in total. The Bertz CT molecular complexity index is 708. The molecule has 1 aromatic carbocycles. The van der Waals surface area contributed by atoms with Gasteiger partial charge in [-0.2, -0.15) is 0 Å². The highest BCUT2D eigenvalue weighted by molar-refractivity contribution is 5.76. The molecule has 1 aromatic heterocycles. The summed E-state index contributed by atoms with van der Waals surface area (Å²) >= 11 is 0. The lowest BCUT2D eigenvalue weighted by Gasteiger charge is -2.32. The van der Waals surface area contributed by atoms with Crippen molar-refractivity contribution in [1.29, 1.82) is 0 Å². The number of nitrogens with one attached hydrogen (secondary N) is 1. The fourth-order valence-corrected chi connectivity index (χ4v) is 3.06. The Labute approximate surface area is 153 Å². The van der Waals surface area contributed by atoms with Crippen LogP contribution in [0.1, 0.15) is 24.8 Å². The molecule has 1 amide bonds. The van der Waals surface area contributed by atoms with Crippen LogP contribution in [0.2, 0.25) is 0 Å². The number of nitrogens with zero attached hydrogens (tertiary/aromatic N) is 2. The van der Waals surface area contributed by atoms with Crippen LogP contribution >= 0.6 is 0 Å². The number of aromatic nitrogens is 1. The van der Waals surface area contributed by atoms with Crippen molar-refractivity contribution in [2.24, 2.45) is 0 Å². The largest absolute Gasteiger partial charge is 0.493 e. The van der Waals surface area contributed by atoms with Crippen molar-refractivity contribution in [2.45, 2.75) is 31.9 Å². The molecule has 1 atom stereocenters. The van der Waals surface area contributed by atoms with Gasteiger partial charge in [-0.15, -0.1) is 0 Å². The van der Waals surface area contributed by atoms with Crippen LogP contribution < -0.4 is 15.0 Å². The van der Waals surface area contributed by atoms with Gasteiger partial charge in [0.05, 0.1) is 19.1 Å². The molecule has 0 saturated carbocycles. The molecule has 1 fully saturated rings. The van der Waals surface area contributed by atoms with E-state index in [2.05, 4.69) is 15.2 Å². The van der Waals surface area contributed by atoms with Crippen molar-refractivity contribution >= 4 is 11.7 Å². The van der Waals surface area contributed by atoms with Gasteiger partial charge < -0.3 is 20.1 Å². The molecule has 6 nitrogen and oxygen atoms in total. The summed E-state index contributed by atoms with van der Waals surface area (Å²) in [6.45, 7) is 2.22. The smallest absolute Gasteiger partial charge is 0.223 e. The average molecular weight is 355 g/mol. The van der Waals surface area contributed by atoms with Crippen molar-refractivity contribution < 1.29 is 14.6 Å². The van der Waals surface area contributed by atoms with Gasteiger partial charge in [-0.05, 0) is 31.0 Å². The number of hydrogen-bond acceptors (Lipinski definition) is 5. The fraction of sp³-hybridized carbons (Fsp3) is 0.400. The molecule has 3 rings (SSSR count). The maximum atomic E-state index is 12.1. The van der Waals surface area contributed by atoms with E-state index in [1.807, 2.05) is 42.5 Å². The average Bonchev–Trinajstić information content (AvgIpc) is 2.67. The van der Waals surface area contributed by atoms with Crippen LogP contribution in [-0.4, -0.2) is 41.8 Å². The first-order valence-corrected chi connectivity index (χ1v) is 9.04. The number of carbonyl (C=O) groups excluding carboxylic acids is 1. The number of rotatable bonds is 7. The van der Waals surface area contributed by atoms with Gasteiger partial charge in [-0.1, -0.05) is 24.3 Å². The van der Waals surface area contributed by atoms with Gasteiger partial charge in [0.15, 0.2) is 0 Å². The van der Waals surface area contributed by atoms with Crippen LogP contribution in [0.25, 0.3) is 0 Å². The second kappa shape index (κ2) is 9.20. The minimum atomic E-state index is -0.316. The maximum Gasteiger partial charge on any atom is 0.223 e. The number of hydrogen-bond donors (Lipinski definition) is 2. The molecule has 0 bridgehead atoms. The van der Waals surface area contributed by atoms with Gasteiger partial charge in [0.25, 0.3) is 0 Å². The van der Waals surface area contributed by atoms with E-state index in [0.717, 1.165) is 36.5 Å². The van der Waals surface area contributed by atoms with E-state index < -0.39 is 0 Å². The third-order valence-corrected chi connectivity index (χ3v) is 4.38. The number of aliphatic hydroxyl groups is 1. The number of benzene rings is 1. The maximum absolute atomic E-state index is 12.1. The first-order chi connectivity index (χ1) is 12.7. The molecule has 0 spiro atoms. The van der Waals surface area contributed by atoms with Gasteiger partial charge in [0, 0.05) is 31.4 Å². The number of amides is 1. The van der Waals surface area contributed by atoms with Crippen molar-refractivity contribution in [2.75, 3.05) is 24.6 Å². The van der Waals surface area contributed by atoms with Gasteiger partial charge >= 0.3 is 0 Å². The van der Waals surface area contributed by atoms with E-state index in [1.165, 1.54) is 0 Å². The molecule has 0 radical (unpaired) electrons. The van der Waals surface area contributed by atoms with Crippen molar-refractivity contribution in [3.8, 4) is 5.75 Å². The molecule has 2 heterocycles. The van der Waals surface area contributed by atoms with Crippen LogP contribution in [0.15, 0.2) is 48.7 Å². The van der Waals surface area contributed by atoms with E-state index >= 15 is 0 Å². The first kappa shape index (κ1) is 18.2. The number of pyridine rings is 1. The topological polar surface area (TPSA) is 74.7 Å². The lowest BCUT2D eigenvalue weighted by Crippen LogP contribution is -2.39.